The van der Waals surface area contributed by atoms with E-state index in [2.05, 4.69) is 45.1 Å². The second-order valence-electron chi connectivity index (χ2n) is 5.38. The fourth-order valence-corrected chi connectivity index (χ4v) is 2.93. The first kappa shape index (κ1) is 14.6. The molecule has 1 heterocycles. The van der Waals surface area contributed by atoms with Crippen LogP contribution in [0.25, 0.3) is 0 Å². The van der Waals surface area contributed by atoms with E-state index in [9.17, 15) is 0 Å². The number of halogens is 1. The molecule has 0 amide bonds. The van der Waals surface area contributed by atoms with Crippen molar-refractivity contribution >= 4 is 21.7 Å². The maximum atomic E-state index is 6.05. The highest BCUT2D eigenvalue weighted by molar-refractivity contribution is 9.10. The number of hydrogen-bond donors (Lipinski definition) is 1. The van der Waals surface area contributed by atoms with Crippen LogP contribution in [0.5, 0.6) is 5.88 Å². The number of nitrogens with one attached hydrogen (secondary N) is 1. The average molecular weight is 328 g/mol. The minimum absolute atomic E-state index is 0.270. The van der Waals surface area contributed by atoms with Crippen LogP contribution in [0.1, 0.15) is 40.0 Å². The molecule has 0 aliphatic heterocycles. The molecular weight excluding hydrogens is 306 g/mol. The molecular formula is C14H22BrN3O. The number of nitrogens with zero attached hydrogens (tertiary/aromatic N) is 2. The van der Waals surface area contributed by atoms with Crippen LogP contribution >= 0.6 is 15.9 Å². The lowest BCUT2D eigenvalue weighted by Crippen LogP contribution is -2.29. The zero-order valence-corrected chi connectivity index (χ0v) is 13.4. The normalized spacial score (nSPS) is 27.1. The third-order valence-corrected chi connectivity index (χ3v) is 4.64. The van der Waals surface area contributed by atoms with Crippen molar-refractivity contribution in [2.75, 3.05) is 11.9 Å². The van der Waals surface area contributed by atoms with E-state index in [1.165, 1.54) is 6.42 Å². The Bertz CT molecular complexity index is 427. The molecule has 4 nitrogen and oxygen atoms in total. The fourth-order valence-electron chi connectivity index (χ4n) is 2.49. The number of rotatable bonds is 4. The largest absolute Gasteiger partial charge is 0.473 e. The number of ether oxygens (including phenoxy) is 1. The highest BCUT2D eigenvalue weighted by atomic mass is 79.9. The molecule has 5 heteroatoms. The summed E-state index contributed by atoms with van der Waals surface area (Å²) in [5.41, 5.74) is 0. The van der Waals surface area contributed by atoms with Crippen LogP contribution in [0, 0.1) is 11.8 Å². The van der Waals surface area contributed by atoms with E-state index in [0.717, 1.165) is 35.6 Å². The standard InChI is InChI=1S/C14H22BrN3O/c1-4-16-13-12(15)14(18-8-17-13)19-11-6-5-9(2)10(3)7-11/h8-11H,4-7H2,1-3H3,(H,16,17,18). The van der Waals surface area contributed by atoms with Gasteiger partial charge >= 0.3 is 0 Å². The zero-order chi connectivity index (χ0) is 13.8. The van der Waals surface area contributed by atoms with Crippen molar-refractivity contribution in [3.63, 3.8) is 0 Å². The van der Waals surface area contributed by atoms with E-state index in [0.29, 0.717) is 11.8 Å². The Morgan fingerprint density at radius 3 is 2.79 bits per heavy atom. The van der Waals surface area contributed by atoms with Crippen LogP contribution in [0.15, 0.2) is 10.8 Å². The van der Waals surface area contributed by atoms with Crippen LogP contribution in [0.4, 0.5) is 5.82 Å². The van der Waals surface area contributed by atoms with Crippen molar-refractivity contribution in [1.29, 1.82) is 0 Å². The smallest absolute Gasteiger partial charge is 0.233 e. The molecule has 1 fully saturated rings. The first-order valence-corrected chi connectivity index (χ1v) is 7.82. The van der Waals surface area contributed by atoms with Crippen LogP contribution in [-0.2, 0) is 0 Å². The van der Waals surface area contributed by atoms with E-state index in [-0.39, 0.29) is 6.10 Å². The summed E-state index contributed by atoms with van der Waals surface area (Å²) in [7, 11) is 0. The molecule has 0 saturated heterocycles. The van der Waals surface area contributed by atoms with Gasteiger partial charge in [0.15, 0.2) is 0 Å². The van der Waals surface area contributed by atoms with Gasteiger partial charge in [0.05, 0.1) is 0 Å². The molecule has 1 aromatic rings. The van der Waals surface area contributed by atoms with Gasteiger partial charge in [-0.2, -0.15) is 0 Å². The topological polar surface area (TPSA) is 47.0 Å². The van der Waals surface area contributed by atoms with Gasteiger partial charge in [-0.15, -0.1) is 0 Å². The molecule has 106 valence electrons. The predicted molar refractivity (Wildman–Crippen MR) is 80.5 cm³/mol. The van der Waals surface area contributed by atoms with Gasteiger partial charge in [0.25, 0.3) is 0 Å². The molecule has 2 rings (SSSR count). The molecule has 0 radical (unpaired) electrons. The number of anilines is 1. The summed E-state index contributed by atoms with van der Waals surface area (Å²) in [6.45, 7) is 7.50. The minimum Gasteiger partial charge on any atom is -0.473 e. The quantitative estimate of drug-likeness (QED) is 0.911. The maximum Gasteiger partial charge on any atom is 0.233 e. The molecule has 1 aromatic heterocycles. The number of aromatic nitrogens is 2. The Balaban J connectivity index is 2.05. The molecule has 3 atom stereocenters. The third kappa shape index (κ3) is 3.59. The molecule has 1 aliphatic rings. The van der Waals surface area contributed by atoms with Crippen LogP contribution in [0.2, 0.25) is 0 Å². The lowest BCUT2D eigenvalue weighted by molar-refractivity contribution is 0.0956. The molecule has 1 N–H and O–H groups in total. The summed E-state index contributed by atoms with van der Waals surface area (Å²) < 4.78 is 6.88. The molecule has 0 aromatic carbocycles. The Morgan fingerprint density at radius 1 is 1.32 bits per heavy atom. The van der Waals surface area contributed by atoms with Crippen molar-refractivity contribution in [2.45, 2.75) is 46.1 Å². The van der Waals surface area contributed by atoms with Gasteiger partial charge in [-0.1, -0.05) is 13.8 Å². The Labute approximate surface area is 123 Å². The van der Waals surface area contributed by atoms with E-state index in [1.807, 2.05) is 6.92 Å². The van der Waals surface area contributed by atoms with Gasteiger partial charge < -0.3 is 10.1 Å². The van der Waals surface area contributed by atoms with Crippen molar-refractivity contribution < 1.29 is 4.74 Å². The number of hydrogen-bond acceptors (Lipinski definition) is 4. The third-order valence-electron chi connectivity index (χ3n) is 3.93. The van der Waals surface area contributed by atoms with Crippen LogP contribution < -0.4 is 10.1 Å². The molecule has 3 unspecified atom stereocenters. The molecule has 1 aliphatic carbocycles. The summed E-state index contributed by atoms with van der Waals surface area (Å²) in [5, 5.41) is 3.19. The second kappa shape index (κ2) is 6.55. The molecule has 0 bridgehead atoms. The van der Waals surface area contributed by atoms with Crippen LogP contribution in [-0.4, -0.2) is 22.6 Å². The fraction of sp³-hybridized carbons (Fsp3) is 0.714. The van der Waals surface area contributed by atoms with E-state index in [1.54, 1.807) is 6.33 Å². The van der Waals surface area contributed by atoms with Gasteiger partial charge in [0, 0.05) is 6.54 Å². The van der Waals surface area contributed by atoms with Gasteiger partial charge in [-0.25, -0.2) is 9.97 Å². The van der Waals surface area contributed by atoms with Crippen molar-refractivity contribution in [2.24, 2.45) is 11.8 Å². The highest BCUT2D eigenvalue weighted by Crippen LogP contribution is 2.34. The zero-order valence-electron chi connectivity index (χ0n) is 11.8. The average Bonchev–Trinajstić information content (AvgIpc) is 2.39. The Kier molecular flexibility index (Phi) is 5.02. The van der Waals surface area contributed by atoms with Gasteiger partial charge in [0.2, 0.25) is 5.88 Å². The summed E-state index contributed by atoms with van der Waals surface area (Å²) in [6.07, 6.45) is 5.26. The Morgan fingerprint density at radius 2 is 2.11 bits per heavy atom. The monoisotopic (exact) mass is 327 g/mol. The maximum absolute atomic E-state index is 6.05. The predicted octanol–water partition coefficient (Wildman–Crippen LogP) is 3.87. The van der Waals surface area contributed by atoms with Crippen LogP contribution in [0.3, 0.4) is 0 Å². The van der Waals surface area contributed by atoms with E-state index >= 15 is 0 Å². The summed E-state index contributed by atoms with van der Waals surface area (Å²) in [6, 6.07) is 0. The summed E-state index contributed by atoms with van der Waals surface area (Å²) in [4.78, 5) is 8.44. The van der Waals surface area contributed by atoms with Crippen molar-refractivity contribution in [3.8, 4) is 5.88 Å². The van der Waals surface area contributed by atoms with E-state index < -0.39 is 0 Å². The van der Waals surface area contributed by atoms with Crippen molar-refractivity contribution in [3.05, 3.63) is 10.8 Å². The lowest BCUT2D eigenvalue weighted by atomic mass is 9.80. The SMILES string of the molecule is CCNc1ncnc(OC2CCC(C)C(C)C2)c1Br. The summed E-state index contributed by atoms with van der Waals surface area (Å²) in [5.74, 6) is 2.96. The summed E-state index contributed by atoms with van der Waals surface area (Å²) >= 11 is 3.52. The lowest BCUT2D eigenvalue weighted by Gasteiger charge is -2.32. The minimum atomic E-state index is 0.270. The second-order valence-corrected chi connectivity index (χ2v) is 6.17. The van der Waals surface area contributed by atoms with Crippen molar-refractivity contribution in [1.82, 2.24) is 9.97 Å². The Hall–Kier alpha value is -0.840. The molecule has 0 spiro atoms. The van der Waals surface area contributed by atoms with Gasteiger partial charge in [-0.05, 0) is 54.0 Å². The first-order valence-electron chi connectivity index (χ1n) is 7.02. The molecule has 1 saturated carbocycles. The van der Waals surface area contributed by atoms with E-state index in [4.69, 9.17) is 4.74 Å². The van der Waals surface area contributed by atoms with Gasteiger partial charge in [0.1, 0.15) is 22.7 Å². The van der Waals surface area contributed by atoms with Gasteiger partial charge in [-0.3, -0.25) is 0 Å². The highest BCUT2D eigenvalue weighted by Gasteiger charge is 2.26. The molecule has 19 heavy (non-hydrogen) atoms. The first-order chi connectivity index (χ1) is 9.11.